The molecule has 0 atom stereocenters. The van der Waals surface area contributed by atoms with Gasteiger partial charge in [-0.25, -0.2) is 4.79 Å². The molecule has 0 fully saturated rings. The Bertz CT molecular complexity index is 1730. The van der Waals surface area contributed by atoms with Gasteiger partial charge in [0.05, 0.1) is 10.9 Å². The highest BCUT2D eigenvalue weighted by Crippen LogP contribution is 2.43. The van der Waals surface area contributed by atoms with Crippen molar-refractivity contribution in [1.82, 2.24) is 0 Å². The lowest BCUT2D eigenvalue weighted by atomic mass is 9.97. The molecule has 4 heteroatoms. The molecule has 6 aromatic rings. The molecule has 0 amide bonds. The van der Waals surface area contributed by atoms with Gasteiger partial charge in [0.1, 0.15) is 11.0 Å². The Labute approximate surface area is 190 Å². The van der Waals surface area contributed by atoms with Crippen LogP contribution in [0.15, 0.2) is 98.6 Å². The Balaban J connectivity index is 1.72. The minimum absolute atomic E-state index is 0.413. The van der Waals surface area contributed by atoms with Crippen LogP contribution in [0.5, 0.6) is 0 Å². The summed E-state index contributed by atoms with van der Waals surface area (Å²) in [6.07, 6.45) is 0. The average molecular weight is 431 g/mol. The third kappa shape index (κ3) is 3.11. The van der Waals surface area contributed by atoms with Crippen LogP contribution in [-0.4, -0.2) is 0 Å². The van der Waals surface area contributed by atoms with Gasteiger partial charge in [0, 0.05) is 5.69 Å². The quantitative estimate of drug-likeness (QED) is 0.291. The highest BCUT2D eigenvalue weighted by Gasteiger charge is 2.24. The molecule has 160 valence electrons. The second kappa shape index (κ2) is 7.38. The number of anilines is 2. The SMILES string of the molecule is Cc1ccc(Nc2oc3c(c2-c2cccc4ccccc24)c(=O)oc2ccccc23)c(C)c1. The zero-order valence-corrected chi connectivity index (χ0v) is 18.3. The maximum absolute atomic E-state index is 13.2. The predicted octanol–water partition coefficient (Wildman–Crippen LogP) is 7.72. The molecule has 0 unspecified atom stereocenters. The van der Waals surface area contributed by atoms with E-state index in [0.717, 1.165) is 33.0 Å². The van der Waals surface area contributed by atoms with Crippen LogP contribution >= 0.6 is 0 Å². The van der Waals surface area contributed by atoms with Crippen molar-refractivity contribution in [2.45, 2.75) is 13.8 Å². The van der Waals surface area contributed by atoms with Gasteiger partial charge >= 0.3 is 5.63 Å². The van der Waals surface area contributed by atoms with Gasteiger partial charge in [0.2, 0.25) is 5.88 Å². The first-order chi connectivity index (χ1) is 16.1. The van der Waals surface area contributed by atoms with Gasteiger partial charge in [-0.15, -0.1) is 0 Å². The second-order valence-corrected chi connectivity index (χ2v) is 8.37. The summed E-state index contributed by atoms with van der Waals surface area (Å²) in [5.74, 6) is 0.525. The summed E-state index contributed by atoms with van der Waals surface area (Å²) in [5, 5.41) is 6.80. The van der Waals surface area contributed by atoms with Gasteiger partial charge in [0.25, 0.3) is 0 Å². The van der Waals surface area contributed by atoms with E-state index in [9.17, 15) is 4.79 Å². The van der Waals surface area contributed by atoms with E-state index >= 15 is 0 Å². The number of hydrogen-bond donors (Lipinski definition) is 1. The summed E-state index contributed by atoms with van der Waals surface area (Å²) in [6, 6.07) is 27.9. The summed E-state index contributed by atoms with van der Waals surface area (Å²) in [4.78, 5) is 13.2. The molecule has 1 N–H and O–H groups in total. The largest absolute Gasteiger partial charge is 0.439 e. The Morgan fingerprint density at radius 2 is 1.52 bits per heavy atom. The van der Waals surface area contributed by atoms with Gasteiger partial charge in [0.15, 0.2) is 5.58 Å². The van der Waals surface area contributed by atoms with Crippen LogP contribution in [-0.2, 0) is 0 Å². The standard InChI is InChI=1S/C29H21NO3/c1-17-14-15-23(18(2)16-17)30-28-25(21-12-7-9-19-8-3-4-10-20(19)21)26-27(33-28)22-11-5-6-13-24(22)32-29(26)31/h3-16,30H,1-2H3. The van der Waals surface area contributed by atoms with Crippen molar-refractivity contribution in [2.75, 3.05) is 5.32 Å². The van der Waals surface area contributed by atoms with Gasteiger partial charge in [-0.05, 0) is 53.9 Å². The fraction of sp³-hybridized carbons (Fsp3) is 0.0690. The van der Waals surface area contributed by atoms with E-state index in [1.54, 1.807) is 6.07 Å². The number of nitrogens with one attached hydrogen (secondary N) is 1. The molecule has 0 bridgehead atoms. The molecule has 0 radical (unpaired) electrons. The summed E-state index contributed by atoms with van der Waals surface area (Å²) < 4.78 is 12.1. The van der Waals surface area contributed by atoms with E-state index in [2.05, 4.69) is 49.5 Å². The minimum atomic E-state index is -0.413. The first-order valence-corrected chi connectivity index (χ1v) is 10.9. The van der Waals surface area contributed by atoms with E-state index < -0.39 is 5.63 Å². The first kappa shape index (κ1) is 19.4. The van der Waals surface area contributed by atoms with Gasteiger partial charge < -0.3 is 14.2 Å². The lowest BCUT2D eigenvalue weighted by molar-refractivity contribution is 0.566. The fourth-order valence-electron chi connectivity index (χ4n) is 4.57. The van der Waals surface area contributed by atoms with E-state index in [1.165, 1.54) is 5.56 Å². The zero-order chi connectivity index (χ0) is 22.5. The van der Waals surface area contributed by atoms with Crippen LogP contribution in [0.2, 0.25) is 0 Å². The van der Waals surface area contributed by atoms with Crippen molar-refractivity contribution in [3.8, 4) is 11.1 Å². The van der Waals surface area contributed by atoms with Crippen molar-refractivity contribution in [2.24, 2.45) is 0 Å². The normalized spacial score (nSPS) is 11.5. The van der Waals surface area contributed by atoms with Crippen LogP contribution in [0.3, 0.4) is 0 Å². The summed E-state index contributed by atoms with van der Waals surface area (Å²) >= 11 is 0. The molecular weight excluding hydrogens is 410 g/mol. The van der Waals surface area contributed by atoms with E-state index in [1.807, 2.05) is 48.5 Å². The lowest BCUT2D eigenvalue weighted by Gasteiger charge is -2.11. The highest BCUT2D eigenvalue weighted by atomic mass is 16.4. The predicted molar refractivity (Wildman–Crippen MR) is 134 cm³/mol. The van der Waals surface area contributed by atoms with Crippen molar-refractivity contribution in [1.29, 1.82) is 0 Å². The smallest absolute Gasteiger partial charge is 0.348 e. The minimum Gasteiger partial charge on any atom is -0.439 e. The van der Waals surface area contributed by atoms with Crippen LogP contribution in [0.25, 0.3) is 43.8 Å². The topological polar surface area (TPSA) is 55.4 Å². The highest BCUT2D eigenvalue weighted by molar-refractivity contribution is 6.13. The number of fused-ring (bicyclic) bond motifs is 4. The Morgan fingerprint density at radius 1 is 0.758 bits per heavy atom. The molecule has 0 saturated carbocycles. The second-order valence-electron chi connectivity index (χ2n) is 8.37. The number of hydrogen-bond acceptors (Lipinski definition) is 4. The Hall–Kier alpha value is -4.31. The number of furan rings is 1. The van der Waals surface area contributed by atoms with Gasteiger partial charge in [-0.3, -0.25) is 0 Å². The average Bonchev–Trinajstić information content (AvgIpc) is 3.20. The molecular formula is C29H21NO3. The molecule has 6 rings (SSSR count). The molecule has 0 aliphatic carbocycles. The number of benzene rings is 4. The molecule has 0 aliphatic rings. The molecule has 0 saturated heterocycles. The van der Waals surface area contributed by atoms with Crippen LogP contribution < -0.4 is 10.9 Å². The molecule has 2 aromatic heterocycles. The van der Waals surface area contributed by atoms with E-state index in [-0.39, 0.29) is 0 Å². The van der Waals surface area contributed by atoms with Crippen molar-refractivity contribution < 1.29 is 8.83 Å². The number of aryl methyl sites for hydroxylation is 2. The maximum Gasteiger partial charge on any atom is 0.348 e. The molecule has 0 spiro atoms. The fourth-order valence-corrected chi connectivity index (χ4v) is 4.57. The van der Waals surface area contributed by atoms with Crippen molar-refractivity contribution in [3.63, 3.8) is 0 Å². The third-order valence-electron chi connectivity index (χ3n) is 6.14. The number of para-hydroxylation sites is 1. The van der Waals surface area contributed by atoms with Crippen LogP contribution in [0, 0.1) is 13.8 Å². The molecule has 0 aliphatic heterocycles. The lowest BCUT2D eigenvalue weighted by Crippen LogP contribution is -2.00. The number of rotatable bonds is 3. The van der Waals surface area contributed by atoms with Gasteiger partial charge in [-0.2, -0.15) is 0 Å². The molecule has 4 nitrogen and oxygen atoms in total. The van der Waals surface area contributed by atoms with E-state index in [4.69, 9.17) is 8.83 Å². The first-order valence-electron chi connectivity index (χ1n) is 10.9. The molecule has 2 heterocycles. The van der Waals surface area contributed by atoms with Gasteiger partial charge in [-0.1, -0.05) is 72.3 Å². The summed E-state index contributed by atoms with van der Waals surface area (Å²) in [7, 11) is 0. The maximum atomic E-state index is 13.2. The monoisotopic (exact) mass is 431 g/mol. The third-order valence-corrected chi connectivity index (χ3v) is 6.14. The Morgan fingerprint density at radius 3 is 2.36 bits per heavy atom. The van der Waals surface area contributed by atoms with Crippen LogP contribution in [0.4, 0.5) is 11.6 Å². The molecule has 4 aromatic carbocycles. The molecule has 33 heavy (non-hydrogen) atoms. The Kier molecular flexibility index (Phi) is 4.34. The van der Waals surface area contributed by atoms with Crippen molar-refractivity contribution >= 4 is 44.3 Å². The van der Waals surface area contributed by atoms with Crippen LogP contribution in [0.1, 0.15) is 11.1 Å². The summed E-state index contributed by atoms with van der Waals surface area (Å²) in [6.45, 7) is 4.12. The summed E-state index contributed by atoms with van der Waals surface area (Å²) in [5.41, 5.74) is 5.45. The zero-order valence-electron chi connectivity index (χ0n) is 18.3. The van der Waals surface area contributed by atoms with E-state index in [0.29, 0.717) is 28.0 Å². The van der Waals surface area contributed by atoms with Crippen molar-refractivity contribution in [3.05, 3.63) is 106 Å².